The van der Waals surface area contributed by atoms with Crippen LogP contribution in [-0.2, 0) is 12.5 Å². The SMILES string of the molecule is F.F.F.F.F.F.F.F.F.F.O=S. The van der Waals surface area contributed by atoms with Gasteiger partial charge in [-0.25, -0.2) is 0 Å². The molecular formula is H10F10OS. The van der Waals surface area contributed by atoms with E-state index in [1.807, 2.05) is 0 Å². The average Bonchev–Trinajstić information content (AvgIpc) is 1.00. The first-order valence-electron chi connectivity index (χ1n) is 0.167. The molecule has 0 unspecified atom stereocenters. The highest BCUT2D eigenvalue weighted by Crippen LogP contribution is 0.558. The fourth-order valence-corrected chi connectivity index (χ4v) is 0. The molecule has 0 saturated carbocycles. The molecule has 0 radical (unpaired) electrons. The first kappa shape index (κ1) is 11800. The van der Waals surface area contributed by atoms with Crippen LogP contribution in [0.3, 0.4) is 0 Å². The van der Waals surface area contributed by atoms with Gasteiger partial charge in [0.2, 0.25) is 0 Å². The predicted octanol–water partition coefficient (Wildman–Crippen LogP) is 1.19. The molecule has 0 aromatic rings. The Morgan fingerprint density at radius 3 is 0.333 bits per heavy atom. The lowest BCUT2D eigenvalue weighted by atomic mass is 16.0. The minimum absolute atomic E-state index is 0. The zero-order valence-electron chi connectivity index (χ0n) is 4.90. The van der Waals surface area contributed by atoms with Crippen LogP contribution in [0.4, 0.5) is 47.0 Å². The van der Waals surface area contributed by atoms with Crippen molar-refractivity contribution in [2.45, 2.75) is 0 Å². The highest BCUT2D eigenvalue weighted by molar-refractivity contribution is 7.44. The van der Waals surface area contributed by atoms with Crippen LogP contribution in [0.5, 0.6) is 0 Å². The fraction of sp³-hybridized carbons (Fsp3) is 0. The maximum Gasteiger partial charge on any atom is 0.197 e. The molecule has 0 aromatic heterocycles. The maximum atomic E-state index is 7.83. The van der Waals surface area contributed by atoms with Crippen molar-refractivity contribution < 1.29 is 51.3 Å². The number of rotatable bonds is 0. The maximum absolute atomic E-state index is 7.83. The summed E-state index contributed by atoms with van der Waals surface area (Å²) in [6.45, 7) is 0. The molecule has 0 bridgehead atoms. The molecule has 0 aromatic carbocycles. The van der Waals surface area contributed by atoms with Crippen molar-refractivity contribution in [2.75, 3.05) is 0 Å². The Morgan fingerprint density at radius 2 is 0.333 bits per heavy atom. The van der Waals surface area contributed by atoms with E-state index in [-0.39, 0.29) is 47.0 Å². The van der Waals surface area contributed by atoms with Gasteiger partial charge in [0, 0.05) is 0 Å². The van der Waals surface area contributed by atoms with Crippen LogP contribution in [0.1, 0.15) is 0 Å². The number of halogens is 10. The van der Waals surface area contributed by atoms with E-state index >= 15 is 0 Å². The van der Waals surface area contributed by atoms with Crippen molar-refractivity contribution in [2.24, 2.45) is 0 Å². The van der Waals surface area contributed by atoms with E-state index in [1.54, 1.807) is 0 Å². The van der Waals surface area contributed by atoms with E-state index in [9.17, 15) is 0 Å². The molecule has 0 saturated heterocycles. The molecular weight excluding hydrogens is 238 g/mol. The molecule has 0 fully saturated rings. The van der Waals surface area contributed by atoms with Crippen LogP contribution in [0.15, 0.2) is 0 Å². The molecule has 92 valence electrons. The first-order chi connectivity index (χ1) is 1.00. The van der Waals surface area contributed by atoms with E-state index in [4.69, 9.17) is 4.21 Å². The van der Waals surface area contributed by atoms with Gasteiger partial charge in [0.1, 0.15) is 0 Å². The third-order valence-electron chi connectivity index (χ3n) is 0. The summed E-state index contributed by atoms with van der Waals surface area (Å²) in [6, 6.07) is 0. The lowest BCUT2D eigenvalue weighted by molar-refractivity contribution is 0.702. The minimum Gasteiger partial charge on any atom is -0.269 e. The van der Waals surface area contributed by atoms with E-state index in [2.05, 4.69) is 12.5 Å². The van der Waals surface area contributed by atoms with Gasteiger partial charge < -0.3 is 0 Å². The molecule has 12 heavy (non-hydrogen) atoms. The molecule has 1 nitrogen and oxygen atoms in total. The van der Waals surface area contributed by atoms with Gasteiger partial charge in [0.05, 0.1) is 0 Å². The lowest BCUT2D eigenvalue weighted by Crippen LogP contribution is -0.894. The molecule has 0 aliphatic rings. The summed E-state index contributed by atoms with van der Waals surface area (Å²) in [7, 11) is 0. The summed E-state index contributed by atoms with van der Waals surface area (Å²) in [5, 5.41) is 0. The van der Waals surface area contributed by atoms with Crippen LogP contribution in [0.25, 0.3) is 0 Å². The van der Waals surface area contributed by atoms with Crippen molar-refractivity contribution in [3.63, 3.8) is 0 Å². The Bertz CT molecular complexity index is 9.80. The molecule has 0 atom stereocenters. The lowest BCUT2D eigenvalue weighted by Gasteiger charge is -0.734. The molecule has 0 heterocycles. The fourth-order valence-electron chi connectivity index (χ4n) is 0. The minimum atomic E-state index is 0. The molecule has 0 rings (SSSR count). The third kappa shape index (κ3) is 1400. The van der Waals surface area contributed by atoms with Gasteiger partial charge >= 0.3 is 0 Å². The van der Waals surface area contributed by atoms with Crippen LogP contribution in [0.2, 0.25) is 0 Å². The molecule has 0 N–H and O–H groups in total. The summed E-state index contributed by atoms with van der Waals surface area (Å²) in [6.07, 6.45) is 0. The second kappa shape index (κ2) is 1940. The summed E-state index contributed by atoms with van der Waals surface area (Å²) in [5.74, 6) is 0. The van der Waals surface area contributed by atoms with Gasteiger partial charge in [0.25, 0.3) is 0 Å². The monoisotopic (exact) mass is 248 g/mol. The quantitative estimate of drug-likeness (QED) is 0.599. The van der Waals surface area contributed by atoms with Crippen molar-refractivity contribution in [1.29, 1.82) is 0 Å². The summed E-state index contributed by atoms with van der Waals surface area (Å²) in [4.78, 5) is 0. The third-order valence-corrected chi connectivity index (χ3v) is 0. The molecule has 0 amide bonds. The molecule has 0 aliphatic carbocycles. The molecule has 12 heteroatoms. The zero-order valence-corrected chi connectivity index (χ0v) is 5.72. The van der Waals surface area contributed by atoms with Crippen LogP contribution in [-0.4, -0.2) is 4.21 Å². The Labute approximate surface area is 65.1 Å². The number of hydrogen-bond donors (Lipinski definition) is 0. The summed E-state index contributed by atoms with van der Waals surface area (Å²) in [5.41, 5.74) is 0. The number of hydrogen-bond acceptors (Lipinski definition) is 2. The average molecular weight is 248 g/mol. The normalized spacial score (nSPS) is 0.333. The van der Waals surface area contributed by atoms with Gasteiger partial charge in [-0.1, -0.05) is 0 Å². The predicted molar refractivity (Wildman–Crippen MR) is 33.2 cm³/mol. The Morgan fingerprint density at radius 1 is 0.333 bits per heavy atom. The largest absolute Gasteiger partial charge is 0.269 e. The Kier molecular flexibility index (Phi) is 1900000. The second-order valence-electron chi connectivity index (χ2n) is 0. The van der Waals surface area contributed by atoms with Crippen molar-refractivity contribution in [1.82, 2.24) is 0 Å². The highest BCUT2D eigenvalue weighted by Gasteiger charge is 0.734. The van der Waals surface area contributed by atoms with Gasteiger partial charge in [-0.05, 0) is 0 Å². The van der Waals surface area contributed by atoms with Crippen molar-refractivity contribution in [3.05, 3.63) is 0 Å². The van der Waals surface area contributed by atoms with Gasteiger partial charge in [0.15, 0.2) is 12.5 Å². The van der Waals surface area contributed by atoms with Gasteiger partial charge in [-0.2, -0.15) is 4.21 Å². The molecule has 0 spiro atoms. The van der Waals surface area contributed by atoms with E-state index in [0.717, 1.165) is 0 Å². The van der Waals surface area contributed by atoms with E-state index < -0.39 is 0 Å². The topological polar surface area (TPSA) is 17.1 Å². The van der Waals surface area contributed by atoms with E-state index in [0.29, 0.717) is 0 Å². The summed E-state index contributed by atoms with van der Waals surface area (Å²) < 4.78 is 7.83. The van der Waals surface area contributed by atoms with Crippen molar-refractivity contribution in [3.8, 4) is 0 Å². The highest BCUT2D eigenvalue weighted by atomic mass is 32.1. The Balaban J connectivity index is -0.000000000111. The molecule has 0 aliphatic heterocycles. The van der Waals surface area contributed by atoms with E-state index in [1.165, 1.54) is 0 Å². The smallest absolute Gasteiger partial charge is 0.197 e. The zero-order chi connectivity index (χ0) is 2.00. The Hall–Kier alpha value is -0.680. The standard InChI is InChI=1S/10FH.OS/c;;;;;;;;;;1-2/h10*1H;. The van der Waals surface area contributed by atoms with Crippen LogP contribution < -0.4 is 0 Å². The van der Waals surface area contributed by atoms with Crippen LogP contribution >= 0.6 is 0 Å². The van der Waals surface area contributed by atoms with Crippen molar-refractivity contribution >= 4 is 12.5 Å². The second-order valence-corrected chi connectivity index (χ2v) is 0. The van der Waals surface area contributed by atoms with Gasteiger partial charge in [-0.3, -0.25) is 47.0 Å². The first-order valence-corrected chi connectivity index (χ1v) is 0.500. The van der Waals surface area contributed by atoms with Crippen LogP contribution in [0, 0.1) is 0 Å². The van der Waals surface area contributed by atoms with Gasteiger partial charge in [-0.15, -0.1) is 0 Å². The summed E-state index contributed by atoms with van der Waals surface area (Å²) >= 11 is 2.83.